The summed E-state index contributed by atoms with van der Waals surface area (Å²) in [6.07, 6.45) is 5.53. The molecule has 80 valence electrons. The van der Waals surface area contributed by atoms with E-state index in [0.717, 1.165) is 23.1 Å². The van der Waals surface area contributed by atoms with Crippen molar-refractivity contribution < 1.29 is 0 Å². The molecule has 0 aliphatic carbocycles. The van der Waals surface area contributed by atoms with Crippen molar-refractivity contribution in [3.05, 3.63) is 0 Å². The molecule has 1 heteroatoms. The predicted molar refractivity (Wildman–Crippen MR) is 65.4 cm³/mol. The van der Waals surface area contributed by atoms with E-state index in [2.05, 4.69) is 43.6 Å². The van der Waals surface area contributed by atoms with Crippen LogP contribution in [0.4, 0.5) is 0 Å². The molecule has 0 radical (unpaired) electrons. The van der Waals surface area contributed by atoms with Crippen LogP contribution in [0.15, 0.2) is 0 Å². The molecule has 0 saturated heterocycles. The van der Waals surface area contributed by atoms with E-state index in [9.17, 15) is 0 Å². The van der Waals surface area contributed by atoms with E-state index >= 15 is 0 Å². The minimum Gasteiger partial charge on any atom is -0.0928 e. The van der Waals surface area contributed by atoms with Gasteiger partial charge in [-0.3, -0.25) is 0 Å². The molecule has 0 spiro atoms. The highest BCUT2D eigenvalue weighted by Crippen LogP contribution is 2.22. The molecule has 2 unspecified atom stereocenters. The average Bonchev–Trinajstić information content (AvgIpc) is 2.04. The first-order chi connectivity index (χ1) is 6.07. The molecule has 0 saturated carbocycles. The molecule has 0 aliphatic rings. The van der Waals surface area contributed by atoms with Gasteiger partial charge in [-0.2, -0.15) is 0 Å². The summed E-state index contributed by atoms with van der Waals surface area (Å²) in [7, 11) is 0. The van der Waals surface area contributed by atoms with E-state index in [1.165, 1.54) is 25.7 Å². The minimum atomic E-state index is 0.874. The Kier molecular flexibility index (Phi) is 8.13. The molecular weight excluding hydrogens is 224 g/mol. The van der Waals surface area contributed by atoms with Gasteiger partial charge in [-0.25, -0.2) is 0 Å². The van der Waals surface area contributed by atoms with Crippen molar-refractivity contribution in [2.45, 2.75) is 53.4 Å². The van der Waals surface area contributed by atoms with E-state index in [1.807, 2.05) is 0 Å². The van der Waals surface area contributed by atoms with Crippen LogP contribution in [-0.2, 0) is 0 Å². The first-order valence-corrected chi connectivity index (χ1v) is 6.76. The lowest BCUT2D eigenvalue weighted by atomic mass is 9.88. The van der Waals surface area contributed by atoms with Crippen LogP contribution >= 0.6 is 15.9 Å². The zero-order valence-electron chi connectivity index (χ0n) is 9.65. The van der Waals surface area contributed by atoms with Gasteiger partial charge in [0.25, 0.3) is 0 Å². The lowest BCUT2D eigenvalue weighted by Gasteiger charge is -2.19. The Morgan fingerprint density at radius 3 is 1.85 bits per heavy atom. The van der Waals surface area contributed by atoms with Gasteiger partial charge in [0.1, 0.15) is 0 Å². The fourth-order valence-electron chi connectivity index (χ4n) is 1.59. The zero-order valence-corrected chi connectivity index (χ0v) is 11.2. The van der Waals surface area contributed by atoms with Gasteiger partial charge in [-0.05, 0) is 24.2 Å². The zero-order chi connectivity index (χ0) is 10.3. The maximum atomic E-state index is 3.51. The normalized spacial score (nSPS) is 16.2. The van der Waals surface area contributed by atoms with Crippen LogP contribution < -0.4 is 0 Å². The van der Waals surface area contributed by atoms with Crippen LogP contribution in [0.25, 0.3) is 0 Å². The number of hydrogen-bond acceptors (Lipinski definition) is 0. The highest BCUT2D eigenvalue weighted by molar-refractivity contribution is 9.09. The summed E-state index contributed by atoms with van der Waals surface area (Å²) in [4.78, 5) is 0. The maximum absolute atomic E-state index is 3.51. The molecule has 0 N–H and O–H groups in total. The summed E-state index contributed by atoms with van der Waals surface area (Å²) in [5.41, 5.74) is 0. The molecule has 0 bridgehead atoms. The summed E-state index contributed by atoms with van der Waals surface area (Å²) < 4.78 is 0. The molecule has 13 heavy (non-hydrogen) atoms. The quantitative estimate of drug-likeness (QED) is 0.565. The third-order valence-electron chi connectivity index (χ3n) is 2.98. The van der Waals surface area contributed by atoms with Crippen LogP contribution in [0.2, 0.25) is 0 Å². The minimum absolute atomic E-state index is 0.874. The van der Waals surface area contributed by atoms with Gasteiger partial charge in [0.05, 0.1) is 0 Å². The van der Waals surface area contributed by atoms with Gasteiger partial charge >= 0.3 is 0 Å². The van der Waals surface area contributed by atoms with Gasteiger partial charge in [-0.1, -0.05) is 62.9 Å². The Balaban J connectivity index is 3.43. The lowest BCUT2D eigenvalue weighted by Crippen LogP contribution is -2.08. The molecule has 2 atom stereocenters. The molecule has 0 aliphatic heterocycles. The Bertz CT molecular complexity index is 110. The van der Waals surface area contributed by atoms with Gasteiger partial charge in [0.2, 0.25) is 0 Å². The third-order valence-corrected chi connectivity index (χ3v) is 3.43. The van der Waals surface area contributed by atoms with Crippen LogP contribution in [-0.4, -0.2) is 5.33 Å². The van der Waals surface area contributed by atoms with Gasteiger partial charge in [-0.15, -0.1) is 0 Å². The molecule has 0 fully saturated rings. The molecule has 0 nitrogen and oxygen atoms in total. The Morgan fingerprint density at radius 1 is 0.846 bits per heavy atom. The fourth-order valence-corrected chi connectivity index (χ4v) is 2.31. The van der Waals surface area contributed by atoms with E-state index in [1.54, 1.807) is 0 Å². The highest BCUT2D eigenvalue weighted by atomic mass is 79.9. The van der Waals surface area contributed by atoms with Gasteiger partial charge in [0, 0.05) is 5.33 Å². The monoisotopic (exact) mass is 248 g/mol. The summed E-state index contributed by atoms with van der Waals surface area (Å²) >= 11 is 3.51. The van der Waals surface area contributed by atoms with E-state index < -0.39 is 0 Å². The molecule has 0 aromatic heterocycles. The Morgan fingerprint density at radius 2 is 1.38 bits per heavy atom. The van der Waals surface area contributed by atoms with Crippen molar-refractivity contribution in [2.24, 2.45) is 17.8 Å². The predicted octanol–water partition coefficient (Wildman–Crippen LogP) is 4.87. The van der Waals surface area contributed by atoms with Crippen molar-refractivity contribution in [2.75, 3.05) is 5.33 Å². The first kappa shape index (κ1) is 13.5. The van der Waals surface area contributed by atoms with E-state index in [4.69, 9.17) is 0 Å². The molecule has 0 heterocycles. The summed E-state index contributed by atoms with van der Waals surface area (Å²) in [5.74, 6) is 2.65. The van der Waals surface area contributed by atoms with Crippen molar-refractivity contribution in [3.63, 3.8) is 0 Å². The topological polar surface area (TPSA) is 0 Å². The first-order valence-electron chi connectivity index (χ1n) is 5.63. The molecule has 0 amide bonds. The number of rotatable bonds is 7. The molecule has 0 aromatic carbocycles. The Hall–Kier alpha value is 0.480. The largest absolute Gasteiger partial charge is 0.0928 e. The molecule has 0 rings (SSSR count). The third kappa shape index (κ3) is 7.54. The summed E-state index contributed by atoms with van der Waals surface area (Å²) in [5, 5.41) is 1.16. The number of hydrogen-bond donors (Lipinski definition) is 0. The number of alkyl halides is 1. The van der Waals surface area contributed by atoms with Crippen molar-refractivity contribution in [3.8, 4) is 0 Å². The van der Waals surface area contributed by atoms with E-state index in [-0.39, 0.29) is 0 Å². The highest BCUT2D eigenvalue weighted by Gasteiger charge is 2.10. The number of halogens is 1. The van der Waals surface area contributed by atoms with Crippen molar-refractivity contribution in [1.82, 2.24) is 0 Å². The second-order valence-corrected chi connectivity index (χ2v) is 5.55. The molecule has 0 aromatic rings. The molecular formula is C12H25Br. The van der Waals surface area contributed by atoms with Crippen LogP contribution in [0.1, 0.15) is 53.4 Å². The summed E-state index contributed by atoms with van der Waals surface area (Å²) in [6, 6.07) is 0. The van der Waals surface area contributed by atoms with Crippen LogP contribution in [0.5, 0.6) is 0 Å². The average molecular weight is 249 g/mol. The SMILES string of the molecule is CC(C)CCCC(C)C(C)CCBr. The second kappa shape index (κ2) is 7.84. The fraction of sp³-hybridized carbons (Fsp3) is 1.00. The van der Waals surface area contributed by atoms with Gasteiger partial charge in [0.15, 0.2) is 0 Å². The Labute approximate surface area is 92.6 Å². The van der Waals surface area contributed by atoms with Crippen LogP contribution in [0, 0.1) is 17.8 Å². The van der Waals surface area contributed by atoms with Crippen molar-refractivity contribution >= 4 is 15.9 Å². The second-order valence-electron chi connectivity index (χ2n) is 4.76. The smallest absolute Gasteiger partial charge is 0.00339 e. The van der Waals surface area contributed by atoms with Gasteiger partial charge < -0.3 is 0 Å². The summed E-state index contributed by atoms with van der Waals surface area (Å²) in [6.45, 7) is 9.40. The maximum Gasteiger partial charge on any atom is 0.00339 e. The van der Waals surface area contributed by atoms with Crippen molar-refractivity contribution in [1.29, 1.82) is 0 Å². The van der Waals surface area contributed by atoms with Crippen LogP contribution in [0.3, 0.4) is 0 Å². The lowest BCUT2D eigenvalue weighted by molar-refractivity contribution is 0.338. The van der Waals surface area contributed by atoms with E-state index in [0.29, 0.717) is 0 Å². The standard InChI is InChI=1S/C12H25Br/c1-10(2)6-5-7-11(3)12(4)8-9-13/h10-12H,5-9H2,1-4H3.